The summed E-state index contributed by atoms with van der Waals surface area (Å²) in [6, 6.07) is 11.2. The van der Waals surface area contributed by atoms with Crippen LogP contribution in [-0.4, -0.2) is 43.2 Å². The van der Waals surface area contributed by atoms with E-state index in [9.17, 15) is 4.79 Å². The van der Waals surface area contributed by atoms with Gasteiger partial charge < -0.3 is 15.5 Å². The molecule has 1 saturated heterocycles. The van der Waals surface area contributed by atoms with Crippen LogP contribution >= 0.6 is 0 Å². The number of hydrogen-bond donors (Lipinski definition) is 2. The Hall–Kier alpha value is -1.55. The zero-order chi connectivity index (χ0) is 15.9. The molecule has 1 saturated carbocycles. The summed E-state index contributed by atoms with van der Waals surface area (Å²) in [4.78, 5) is 14.3. The third-order valence-electron chi connectivity index (χ3n) is 5.26. The van der Waals surface area contributed by atoms with E-state index in [1.807, 2.05) is 0 Å². The van der Waals surface area contributed by atoms with Crippen molar-refractivity contribution in [2.24, 2.45) is 5.92 Å². The highest BCUT2D eigenvalue weighted by Crippen LogP contribution is 2.18. The van der Waals surface area contributed by atoms with Crippen LogP contribution in [-0.2, 0) is 6.42 Å². The number of benzene rings is 1. The van der Waals surface area contributed by atoms with Gasteiger partial charge in [-0.25, -0.2) is 4.79 Å². The van der Waals surface area contributed by atoms with E-state index in [1.165, 1.54) is 24.8 Å². The summed E-state index contributed by atoms with van der Waals surface area (Å²) < 4.78 is 0. The summed E-state index contributed by atoms with van der Waals surface area (Å²) in [5.41, 5.74) is 1.42. The molecule has 2 N–H and O–H groups in total. The van der Waals surface area contributed by atoms with Crippen molar-refractivity contribution in [3.63, 3.8) is 0 Å². The number of piperidine rings is 1. The van der Waals surface area contributed by atoms with Gasteiger partial charge in [0.05, 0.1) is 0 Å². The van der Waals surface area contributed by atoms with E-state index < -0.39 is 0 Å². The first-order valence-electron chi connectivity index (χ1n) is 9.10. The molecule has 1 heterocycles. The quantitative estimate of drug-likeness (QED) is 0.848. The minimum absolute atomic E-state index is 0.0289. The Morgan fingerprint density at radius 3 is 2.48 bits per heavy atom. The van der Waals surface area contributed by atoms with Gasteiger partial charge >= 0.3 is 6.03 Å². The van der Waals surface area contributed by atoms with Crippen molar-refractivity contribution in [2.45, 2.75) is 44.6 Å². The standard InChI is InChI=1S/C19H29N3O/c23-19(21-18-7-4-8-18)20-15-17-10-13-22(14-11-17)12-9-16-5-2-1-3-6-16/h1-3,5-6,17-18H,4,7-15H2,(H2,20,21,23). The fraction of sp³-hybridized carbons (Fsp3) is 0.632. The number of rotatable bonds is 6. The number of urea groups is 1. The molecule has 4 nitrogen and oxygen atoms in total. The van der Waals surface area contributed by atoms with Gasteiger partial charge in [0.1, 0.15) is 0 Å². The minimum atomic E-state index is 0.0289. The lowest BCUT2D eigenvalue weighted by atomic mass is 9.93. The molecule has 0 spiro atoms. The molecule has 2 fully saturated rings. The molecule has 4 heteroatoms. The summed E-state index contributed by atoms with van der Waals surface area (Å²) in [5, 5.41) is 6.10. The summed E-state index contributed by atoms with van der Waals surface area (Å²) in [6.45, 7) is 4.28. The summed E-state index contributed by atoms with van der Waals surface area (Å²) in [5.74, 6) is 0.634. The van der Waals surface area contributed by atoms with Crippen molar-refractivity contribution in [1.82, 2.24) is 15.5 Å². The molecule has 0 atom stereocenters. The summed E-state index contributed by atoms with van der Waals surface area (Å²) >= 11 is 0. The highest BCUT2D eigenvalue weighted by atomic mass is 16.2. The Morgan fingerprint density at radius 2 is 1.83 bits per heavy atom. The maximum absolute atomic E-state index is 11.8. The summed E-state index contributed by atoms with van der Waals surface area (Å²) in [6.07, 6.45) is 7.07. The van der Waals surface area contributed by atoms with Crippen LogP contribution in [0.2, 0.25) is 0 Å². The van der Waals surface area contributed by atoms with Crippen LogP contribution in [0.4, 0.5) is 4.79 Å². The van der Waals surface area contributed by atoms with Crippen molar-refractivity contribution in [3.05, 3.63) is 35.9 Å². The van der Waals surface area contributed by atoms with Gasteiger partial charge in [0, 0.05) is 19.1 Å². The predicted molar refractivity (Wildman–Crippen MR) is 93.5 cm³/mol. The van der Waals surface area contributed by atoms with E-state index >= 15 is 0 Å². The lowest BCUT2D eigenvalue weighted by Crippen LogP contribution is -2.47. The van der Waals surface area contributed by atoms with Crippen molar-refractivity contribution in [2.75, 3.05) is 26.2 Å². The number of carbonyl (C=O) groups excluding carboxylic acids is 1. The van der Waals surface area contributed by atoms with E-state index in [-0.39, 0.29) is 6.03 Å². The van der Waals surface area contributed by atoms with Gasteiger partial charge in [-0.3, -0.25) is 0 Å². The monoisotopic (exact) mass is 315 g/mol. The maximum Gasteiger partial charge on any atom is 0.315 e. The van der Waals surface area contributed by atoms with Crippen LogP contribution in [0.3, 0.4) is 0 Å². The Bertz CT molecular complexity index is 479. The number of hydrogen-bond acceptors (Lipinski definition) is 2. The van der Waals surface area contributed by atoms with Crippen LogP contribution in [0.25, 0.3) is 0 Å². The van der Waals surface area contributed by atoms with Crippen molar-refractivity contribution < 1.29 is 4.79 Å². The lowest BCUT2D eigenvalue weighted by Gasteiger charge is -2.32. The number of nitrogens with one attached hydrogen (secondary N) is 2. The topological polar surface area (TPSA) is 44.4 Å². The molecule has 1 aromatic carbocycles. The molecular formula is C19H29N3O. The van der Waals surface area contributed by atoms with Gasteiger partial charge in [-0.15, -0.1) is 0 Å². The van der Waals surface area contributed by atoms with Crippen LogP contribution in [0.1, 0.15) is 37.7 Å². The molecule has 0 radical (unpaired) electrons. The largest absolute Gasteiger partial charge is 0.338 e. The molecule has 2 amide bonds. The molecule has 0 unspecified atom stereocenters. The average molecular weight is 315 g/mol. The second kappa shape index (κ2) is 8.34. The number of amides is 2. The van der Waals surface area contributed by atoms with Crippen LogP contribution in [0.5, 0.6) is 0 Å². The Balaban J connectivity index is 1.28. The normalized spacial score (nSPS) is 20.0. The van der Waals surface area contributed by atoms with Crippen LogP contribution in [0, 0.1) is 5.92 Å². The Labute approximate surface area is 139 Å². The first-order valence-corrected chi connectivity index (χ1v) is 9.10. The third kappa shape index (κ3) is 5.24. The van der Waals surface area contributed by atoms with Crippen molar-refractivity contribution in [1.29, 1.82) is 0 Å². The molecule has 0 aromatic heterocycles. The van der Waals surface area contributed by atoms with Gasteiger partial charge in [0.2, 0.25) is 0 Å². The van der Waals surface area contributed by atoms with Crippen LogP contribution in [0.15, 0.2) is 30.3 Å². The molecule has 23 heavy (non-hydrogen) atoms. The lowest BCUT2D eigenvalue weighted by molar-refractivity contribution is 0.181. The molecule has 1 aliphatic carbocycles. The van der Waals surface area contributed by atoms with Crippen molar-refractivity contribution >= 4 is 6.03 Å². The highest BCUT2D eigenvalue weighted by Gasteiger charge is 2.21. The molecule has 126 valence electrons. The van der Waals surface area contributed by atoms with Gasteiger partial charge in [0.25, 0.3) is 0 Å². The predicted octanol–water partition coefficient (Wildman–Crippen LogP) is 2.79. The smallest absolute Gasteiger partial charge is 0.315 e. The first-order chi connectivity index (χ1) is 11.3. The van der Waals surface area contributed by atoms with Gasteiger partial charge in [-0.2, -0.15) is 0 Å². The van der Waals surface area contributed by atoms with Crippen molar-refractivity contribution in [3.8, 4) is 0 Å². The number of carbonyl (C=O) groups is 1. The Morgan fingerprint density at radius 1 is 1.09 bits per heavy atom. The zero-order valence-corrected chi connectivity index (χ0v) is 14.0. The van der Waals surface area contributed by atoms with Crippen LogP contribution < -0.4 is 10.6 Å². The Kier molecular flexibility index (Phi) is 5.92. The molecular weight excluding hydrogens is 286 g/mol. The third-order valence-corrected chi connectivity index (χ3v) is 5.26. The fourth-order valence-electron chi connectivity index (χ4n) is 3.37. The zero-order valence-electron chi connectivity index (χ0n) is 14.0. The highest BCUT2D eigenvalue weighted by molar-refractivity contribution is 5.74. The van der Waals surface area contributed by atoms with Gasteiger partial charge in [-0.05, 0) is 63.1 Å². The number of likely N-dealkylation sites (tertiary alicyclic amines) is 1. The molecule has 1 aromatic rings. The summed E-state index contributed by atoms with van der Waals surface area (Å²) in [7, 11) is 0. The van der Waals surface area contributed by atoms with Gasteiger partial charge in [-0.1, -0.05) is 30.3 Å². The maximum atomic E-state index is 11.8. The van der Waals surface area contributed by atoms with E-state index in [4.69, 9.17) is 0 Å². The minimum Gasteiger partial charge on any atom is -0.338 e. The molecule has 1 aliphatic heterocycles. The average Bonchev–Trinajstić information content (AvgIpc) is 2.56. The van der Waals surface area contributed by atoms with E-state index in [2.05, 4.69) is 45.9 Å². The SMILES string of the molecule is O=C(NCC1CCN(CCc2ccccc2)CC1)NC1CCC1. The molecule has 3 rings (SSSR count). The molecule has 2 aliphatic rings. The van der Waals surface area contributed by atoms with E-state index in [0.717, 1.165) is 45.4 Å². The molecule has 0 bridgehead atoms. The first kappa shape index (κ1) is 16.3. The van der Waals surface area contributed by atoms with E-state index in [1.54, 1.807) is 0 Å². The second-order valence-corrected chi connectivity index (χ2v) is 7.00. The second-order valence-electron chi connectivity index (χ2n) is 7.00. The van der Waals surface area contributed by atoms with Gasteiger partial charge in [0.15, 0.2) is 0 Å². The van der Waals surface area contributed by atoms with E-state index in [0.29, 0.717) is 12.0 Å². The number of nitrogens with zero attached hydrogens (tertiary/aromatic N) is 1. The fourth-order valence-corrected chi connectivity index (χ4v) is 3.37.